The van der Waals surface area contributed by atoms with Crippen LogP contribution in [0.4, 0.5) is 4.39 Å². The summed E-state index contributed by atoms with van der Waals surface area (Å²) in [5.74, 6) is 0.172. The van der Waals surface area contributed by atoms with Gasteiger partial charge in [-0.2, -0.15) is 0 Å². The first kappa shape index (κ1) is 14.8. The van der Waals surface area contributed by atoms with E-state index >= 15 is 0 Å². The predicted molar refractivity (Wildman–Crippen MR) is 74.8 cm³/mol. The van der Waals surface area contributed by atoms with E-state index in [1.807, 2.05) is 0 Å². The van der Waals surface area contributed by atoms with Crippen molar-refractivity contribution in [3.63, 3.8) is 0 Å². The number of rotatable bonds is 6. The zero-order valence-corrected chi connectivity index (χ0v) is 11.5. The molecular formula is C15H21FN2O2. The van der Waals surface area contributed by atoms with Crippen LogP contribution in [0.15, 0.2) is 24.3 Å². The number of hydrogen-bond donors (Lipinski definition) is 2. The molecule has 1 amide bonds. The van der Waals surface area contributed by atoms with Crippen LogP contribution in [0.1, 0.15) is 19.3 Å². The lowest BCUT2D eigenvalue weighted by Gasteiger charge is -2.17. The van der Waals surface area contributed by atoms with Gasteiger partial charge in [0.05, 0.1) is 6.54 Å². The fraction of sp³-hybridized carbons (Fsp3) is 0.533. The first-order valence-electron chi connectivity index (χ1n) is 7.07. The summed E-state index contributed by atoms with van der Waals surface area (Å²) in [4.78, 5) is 12.0. The third kappa shape index (κ3) is 3.70. The Bertz CT molecular complexity index is 453. The molecule has 0 heterocycles. The van der Waals surface area contributed by atoms with E-state index in [1.165, 1.54) is 6.07 Å². The van der Waals surface area contributed by atoms with Crippen molar-refractivity contribution in [2.24, 2.45) is 17.6 Å². The lowest BCUT2D eigenvalue weighted by molar-refractivity contribution is -0.126. The molecule has 0 saturated heterocycles. The summed E-state index contributed by atoms with van der Waals surface area (Å²) in [5.41, 5.74) is 5.66. The molecule has 0 unspecified atom stereocenters. The average Bonchev–Trinajstić information content (AvgIpc) is 2.93. The maximum absolute atomic E-state index is 13.3. The third-order valence-corrected chi connectivity index (χ3v) is 3.79. The SMILES string of the molecule is NC[C@H]1CCC[C@H]1C(=O)NCCOc1ccccc1F. The minimum absolute atomic E-state index is 0.0217. The van der Waals surface area contributed by atoms with E-state index < -0.39 is 5.82 Å². The van der Waals surface area contributed by atoms with Gasteiger partial charge in [-0.3, -0.25) is 4.79 Å². The minimum Gasteiger partial charge on any atom is -0.489 e. The number of benzene rings is 1. The van der Waals surface area contributed by atoms with Gasteiger partial charge in [0, 0.05) is 5.92 Å². The minimum atomic E-state index is -0.391. The van der Waals surface area contributed by atoms with Gasteiger partial charge in [-0.1, -0.05) is 18.6 Å². The molecular weight excluding hydrogens is 259 g/mol. The average molecular weight is 280 g/mol. The van der Waals surface area contributed by atoms with Crippen molar-refractivity contribution in [1.82, 2.24) is 5.32 Å². The summed E-state index contributed by atoms with van der Waals surface area (Å²) < 4.78 is 18.6. The highest BCUT2D eigenvalue weighted by Gasteiger charge is 2.31. The maximum Gasteiger partial charge on any atom is 0.223 e. The Balaban J connectivity index is 1.71. The Labute approximate surface area is 118 Å². The van der Waals surface area contributed by atoms with Gasteiger partial charge < -0.3 is 15.8 Å². The summed E-state index contributed by atoms with van der Waals surface area (Å²) in [6.07, 6.45) is 2.99. The lowest BCUT2D eigenvalue weighted by atomic mass is 9.95. The van der Waals surface area contributed by atoms with Crippen LogP contribution in [0.3, 0.4) is 0 Å². The monoisotopic (exact) mass is 280 g/mol. The van der Waals surface area contributed by atoms with Gasteiger partial charge in [0.25, 0.3) is 0 Å². The van der Waals surface area contributed by atoms with Gasteiger partial charge in [0.2, 0.25) is 5.91 Å². The number of ether oxygens (including phenoxy) is 1. The number of para-hydroxylation sites is 1. The van der Waals surface area contributed by atoms with E-state index in [1.54, 1.807) is 18.2 Å². The maximum atomic E-state index is 13.3. The number of nitrogens with two attached hydrogens (primary N) is 1. The Kier molecular flexibility index (Phi) is 5.35. The molecule has 20 heavy (non-hydrogen) atoms. The number of carbonyl (C=O) groups excluding carboxylic acids is 1. The fourth-order valence-electron chi connectivity index (χ4n) is 2.69. The summed E-state index contributed by atoms with van der Waals surface area (Å²) in [5, 5.41) is 2.84. The highest BCUT2D eigenvalue weighted by molar-refractivity contribution is 5.79. The largest absolute Gasteiger partial charge is 0.489 e. The van der Waals surface area contributed by atoms with Crippen LogP contribution in [0.2, 0.25) is 0 Å². The van der Waals surface area contributed by atoms with Gasteiger partial charge in [-0.25, -0.2) is 4.39 Å². The fourth-order valence-corrected chi connectivity index (χ4v) is 2.69. The van der Waals surface area contributed by atoms with E-state index in [0.29, 0.717) is 19.0 Å². The molecule has 0 spiro atoms. The number of halogens is 1. The summed E-state index contributed by atoms with van der Waals surface area (Å²) in [6, 6.07) is 6.23. The molecule has 1 aromatic rings. The Morgan fingerprint density at radius 3 is 2.95 bits per heavy atom. The van der Waals surface area contributed by atoms with E-state index in [0.717, 1.165) is 19.3 Å². The zero-order chi connectivity index (χ0) is 14.4. The van der Waals surface area contributed by atoms with Gasteiger partial charge in [-0.15, -0.1) is 0 Å². The molecule has 1 saturated carbocycles. The number of carbonyl (C=O) groups is 1. The van der Waals surface area contributed by atoms with Gasteiger partial charge in [0.1, 0.15) is 6.61 Å². The normalized spacial score (nSPS) is 21.7. The van der Waals surface area contributed by atoms with Crippen LogP contribution in [0, 0.1) is 17.7 Å². The molecule has 1 aromatic carbocycles. The van der Waals surface area contributed by atoms with Crippen molar-refractivity contribution in [3.05, 3.63) is 30.1 Å². The second-order valence-electron chi connectivity index (χ2n) is 5.10. The second-order valence-corrected chi connectivity index (χ2v) is 5.10. The van der Waals surface area contributed by atoms with Crippen LogP contribution in [0.5, 0.6) is 5.75 Å². The first-order valence-corrected chi connectivity index (χ1v) is 7.07. The summed E-state index contributed by atoms with van der Waals surface area (Å²) in [7, 11) is 0. The summed E-state index contributed by atoms with van der Waals surface area (Å²) in [6.45, 7) is 1.19. The highest BCUT2D eigenvalue weighted by atomic mass is 19.1. The van der Waals surface area contributed by atoms with Gasteiger partial charge in [0.15, 0.2) is 11.6 Å². The predicted octanol–water partition coefficient (Wildman–Crippen LogP) is 1.70. The number of hydrogen-bond acceptors (Lipinski definition) is 3. The van der Waals surface area contributed by atoms with Crippen LogP contribution >= 0.6 is 0 Å². The summed E-state index contributed by atoms with van der Waals surface area (Å²) >= 11 is 0. The molecule has 110 valence electrons. The molecule has 4 nitrogen and oxygen atoms in total. The Morgan fingerprint density at radius 2 is 2.20 bits per heavy atom. The molecule has 2 rings (SSSR count). The van der Waals surface area contributed by atoms with Crippen LogP contribution in [-0.2, 0) is 4.79 Å². The molecule has 1 fully saturated rings. The molecule has 0 aliphatic heterocycles. The van der Waals surface area contributed by atoms with E-state index in [2.05, 4.69) is 5.32 Å². The van der Waals surface area contributed by atoms with Crippen LogP contribution in [0.25, 0.3) is 0 Å². The molecule has 1 aliphatic carbocycles. The molecule has 0 bridgehead atoms. The van der Waals surface area contributed by atoms with Crippen molar-refractivity contribution < 1.29 is 13.9 Å². The van der Waals surface area contributed by atoms with E-state index in [4.69, 9.17) is 10.5 Å². The standard InChI is InChI=1S/C15H21FN2O2/c16-13-6-1-2-7-14(13)20-9-8-18-15(19)12-5-3-4-11(12)10-17/h1-2,6-7,11-12H,3-5,8-10,17H2,(H,18,19)/t11-,12-/m1/s1. The van der Waals surface area contributed by atoms with Crippen LogP contribution in [-0.4, -0.2) is 25.6 Å². The first-order chi connectivity index (χ1) is 9.72. The van der Waals surface area contributed by atoms with Gasteiger partial charge in [-0.05, 0) is 37.4 Å². The van der Waals surface area contributed by atoms with Crippen molar-refractivity contribution in [2.75, 3.05) is 19.7 Å². The van der Waals surface area contributed by atoms with Crippen molar-refractivity contribution in [3.8, 4) is 5.75 Å². The van der Waals surface area contributed by atoms with E-state index in [-0.39, 0.29) is 24.2 Å². The van der Waals surface area contributed by atoms with Crippen molar-refractivity contribution in [2.45, 2.75) is 19.3 Å². The number of nitrogens with one attached hydrogen (secondary N) is 1. The Morgan fingerprint density at radius 1 is 1.40 bits per heavy atom. The topological polar surface area (TPSA) is 64.4 Å². The van der Waals surface area contributed by atoms with Crippen molar-refractivity contribution in [1.29, 1.82) is 0 Å². The molecule has 3 N–H and O–H groups in total. The smallest absolute Gasteiger partial charge is 0.223 e. The van der Waals surface area contributed by atoms with Crippen LogP contribution < -0.4 is 15.8 Å². The molecule has 0 radical (unpaired) electrons. The molecule has 5 heteroatoms. The third-order valence-electron chi connectivity index (χ3n) is 3.79. The quantitative estimate of drug-likeness (QED) is 0.779. The Hall–Kier alpha value is -1.62. The zero-order valence-electron chi connectivity index (χ0n) is 11.5. The molecule has 2 atom stereocenters. The second kappa shape index (κ2) is 7.24. The lowest BCUT2D eigenvalue weighted by Crippen LogP contribution is -2.37. The highest BCUT2D eigenvalue weighted by Crippen LogP contribution is 2.30. The molecule has 0 aromatic heterocycles. The van der Waals surface area contributed by atoms with Crippen molar-refractivity contribution >= 4 is 5.91 Å². The molecule has 1 aliphatic rings. The van der Waals surface area contributed by atoms with E-state index in [9.17, 15) is 9.18 Å². The number of amides is 1. The van der Waals surface area contributed by atoms with Gasteiger partial charge >= 0.3 is 0 Å².